The van der Waals surface area contributed by atoms with E-state index in [9.17, 15) is 5.11 Å². The summed E-state index contributed by atoms with van der Waals surface area (Å²) < 4.78 is 0. The third-order valence-electron chi connectivity index (χ3n) is 2.70. The molecular formula is C12HCl9O. The third kappa shape index (κ3) is 2.94. The van der Waals surface area contributed by atoms with Gasteiger partial charge < -0.3 is 5.11 Å². The molecule has 0 aliphatic rings. The molecule has 0 atom stereocenters. The molecule has 2 aromatic rings. The summed E-state index contributed by atoms with van der Waals surface area (Å²) in [5.41, 5.74) is 0.174. The topological polar surface area (TPSA) is 20.2 Å². The number of benzene rings is 2. The average molecular weight is 480 g/mol. The Bertz CT molecular complexity index is 675. The van der Waals surface area contributed by atoms with Gasteiger partial charge in [0.25, 0.3) is 0 Å². The second kappa shape index (κ2) is 7.00. The summed E-state index contributed by atoms with van der Waals surface area (Å²) >= 11 is 54.4. The maximum atomic E-state index is 9.76. The summed E-state index contributed by atoms with van der Waals surface area (Å²) in [5.74, 6) is -0.472. The van der Waals surface area contributed by atoms with E-state index in [4.69, 9.17) is 104 Å². The molecule has 0 spiro atoms. The molecule has 2 aromatic carbocycles. The van der Waals surface area contributed by atoms with Crippen LogP contribution in [0.5, 0.6) is 5.75 Å². The maximum absolute atomic E-state index is 9.76. The SMILES string of the molecule is Oc1c(Cl)c(Cl)c(-c2c(Cl)c(Cl)c(Cl)c(Cl)c2Cl)c(Cl)c1Cl. The standard InChI is InChI=1S/C12HCl9O/c13-3-1(4(14)8(18)9(19)7(3)17)2-5(15)10(20)12(22)11(21)6(2)16/h22H. The minimum Gasteiger partial charge on any atom is -0.505 e. The highest BCUT2D eigenvalue weighted by molar-refractivity contribution is 6.58. The lowest BCUT2D eigenvalue weighted by Gasteiger charge is -2.17. The number of hydrogen-bond donors (Lipinski definition) is 1. The zero-order valence-corrected chi connectivity index (χ0v) is 16.7. The molecule has 0 saturated carbocycles. The lowest BCUT2D eigenvalue weighted by Crippen LogP contribution is -1.91. The number of phenols is 1. The van der Waals surface area contributed by atoms with Gasteiger partial charge >= 0.3 is 0 Å². The number of halogens is 9. The van der Waals surface area contributed by atoms with Gasteiger partial charge in [-0.2, -0.15) is 0 Å². The monoisotopic (exact) mass is 476 g/mol. The fourth-order valence-corrected chi connectivity index (χ4v) is 4.02. The van der Waals surface area contributed by atoms with Crippen molar-refractivity contribution in [3.05, 3.63) is 45.2 Å². The lowest BCUT2D eigenvalue weighted by atomic mass is 10.0. The van der Waals surface area contributed by atoms with E-state index in [-0.39, 0.29) is 56.3 Å². The molecule has 0 fully saturated rings. The molecule has 0 radical (unpaired) electrons. The van der Waals surface area contributed by atoms with Crippen molar-refractivity contribution in [2.24, 2.45) is 0 Å². The molecule has 0 heterocycles. The van der Waals surface area contributed by atoms with E-state index < -0.39 is 5.75 Å². The molecule has 0 saturated heterocycles. The van der Waals surface area contributed by atoms with Crippen molar-refractivity contribution in [1.29, 1.82) is 0 Å². The predicted molar refractivity (Wildman–Crippen MR) is 98.6 cm³/mol. The highest BCUT2D eigenvalue weighted by Crippen LogP contribution is 2.55. The van der Waals surface area contributed by atoms with Gasteiger partial charge in [-0.15, -0.1) is 0 Å². The van der Waals surface area contributed by atoms with Crippen molar-refractivity contribution in [1.82, 2.24) is 0 Å². The average Bonchev–Trinajstić information content (AvgIpc) is 2.50. The molecular weight excluding hydrogens is 479 g/mol. The molecule has 0 aliphatic heterocycles. The van der Waals surface area contributed by atoms with Gasteiger partial charge in [0.2, 0.25) is 0 Å². The fraction of sp³-hybridized carbons (Fsp3) is 0. The first-order valence-electron chi connectivity index (χ1n) is 5.17. The third-order valence-corrected chi connectivity index (χ3v) is 6.66. The van der Waals surface area contributed by atoms with Crippen LogP contribution in [0.1, 0.15) is 0 Å². The summed E-state index contributed by atoms with van der Waals surface area (Å²) in [6, 6.07) is 0. The molecule has 0 aromatic heterocycles. The molecule has 0 bridgehead atoms. The van der Waals surface area contributed by atoms with Gasteiger partial charge in [-0.1, -0.05) is 104 Å². The van der Waals surface area contributed by atoms with Gasteiger partial charge in [-0.3, -0.25) is 0 Å². The summed E-state index contributed by atoms with van der Waals surface area (Å²) in [6.45, 7) is 0. The van der Waals surface area contributed by atoms with Crippen molar-refractivity contribution in [3.63, 3.8) is 0 Å². The molecule has 10 heteroatoms. The fourth-order valence-electron chi connectivity index (χ4n) is 1.66. The van der Waals surface area contributed by atoms with E-state index in [2.05, 4.69) is 0 Å². The van der Waals surface area contributed by atoms with Crippen LogP contribution < -0.4 is 0 Å². The minimum atomic E-state index is -0.472. The minimum absolute atomic E-state index is 0.0229. The molecule has 0 unspecified atom stereocenters. The molecule has 118 valence electrons. The van der Waals surface area contributed by atoms with E-state index in [0.29, 0.717) is 0 Å². The molecule has 0 amide bonds. The Morgan fingerprint density at radius 3 is 0.909 bits per heavy atom. The van der Waals surface area contributed by atoms with Crippen molar-refractivity contribution >= 4 is 104 Å². The zero-order chi connectivity index (χ0) is 16.9. The van der Waals surface area contributed by atoms with Crippen LogP contribution >= 0.6 is 104 Å². The maximum Gasteiger partial charge on any atom is 0.155 e. The van der Waals surface area contributed by atoms with Gasteiger partial charge in [0.05, 0.1) is 35.2 Å². The Kier molecular flexibility index (Phi) is 6.10. The molecule has 1 nitrogen and oxygen atoms in total. The summed E-state index contributed by atoms with van der Waals surface area (Å²) in [6.07, 6.45) is 0. The van der Waals surface area contributed by atoms with Crippen LogP contribution in [-0.4, -0.2) is 5.11 Å². The molecule has 22 heavy (non-hydrogen) atoms. The van der Waals surface area contributed by atoms with Crippen LogP contribution in [0, 0.1) is 0 Å². The van der Waals surface area contributed by atoms with Crippen molar-refractivity contribution in [2.75, 3.05) is 0 Å². The largest absolute Gasteiger partial charge is 0.505 e. The molecule has 0 aliphatic carbocycles. The first-order valence-corrected chi connectivity index (χ1v) is 8.58. The van der Waals surface area contributed by atoms with Crippen LogP contribution in [-0.2, 0) is 0 Å². The summed E-state index contributed by atoms with van der Waals surface area (Å²) in [7, 11) is 0. The lowest BCUT2D eigenvalue weighted by molar-refractivity contribution is 0.476. The van der Waals surface area contributed by atoms with E-state index in [1.54, 1.807) is 0 Å². The second-order valence-corrected chi connectivity index (χ2v) is 7.33. The zero-order valence-electron chi connectivity index (χ0n) is 9.85. The smallest absolute Gasteiger partial charge is 0.155 e. The second-order valence-electron chi connectivity index (χ2n) is 3.92. The summed E-state index contributed by atoms with van der Waals surface area (Å²) in [5, 5.41) is 8.89. The van der Waals surface area contributed by atoms with Crippen LogP contribution in [0.15, 0.2) is 0 Å². The number of phenolic OH excluding ortho intramolecular Hbond substituents is 1. The van der Waals surface area contributed by atoms with Gasteiger partial charge in [-0.05, 0) is 0 Å². The quantitative estimate of drug-likeness (QED) is 0.319. The van der Waals surface area contributed by atoms with Crippen molar-refractivity contribution in [3.8, 4) is 16.9 Å². The highest BCUT2D eigenvalue weighted by atomic mass is 35.5. The van der Waals surface area contributed by atoms with E-state index >= 15 is 0 Å². The Morgan fingerprint density at radius 2 is 0.591 bits per heavy atom. The van der Waals surface area contributed by atoms with Gasteiger partial charge in [0, 0.05) is 11.1 Å². The molecule has 1 N–H and O–H groups in total. The Balaban J connectivity index is 3.03. The Hall–Kier alpha value is 0.850. The van der Waals surface area contributed by atoms with Crippen LogP contribution in [0.4, 0.5) is 0 Å². The number of rotatable bonds is 1. The number of hydrogen-bond acceptors (Lipinski definition) is 1. The first-order chi connectivity index (χ1) is 10.1. The van der Waals surface area contributed by atoms with E-state index in [0.717, 1.165) is 0 Å². The molecule has 2 rings (SSSR count). The number of aromatic hydroxyl groups is 1. The van der Waals surface area contributed by atoms with Gasteiger partial charge in [0.1, 0.15) is 10.0 Å². The van der Waals surface area contributed by atoms with Crippen molar-refractivity contribution < 1.29 is 5.11 Å². The van der Waals surface area contributed by atoms with Crippen LogP contribution in [0.25, 0.3) is 11.1 Å². The Labute approximate surface area is 170 Å². The van der Waals surface area contributed by atoms with Gasteiger partial charge in [-0.25, -0.2) is 0 Å². The van der Waals surface area contributed by atoms with E-state index in [1.807, 2.05) is 0 Å². The van der Waals surface area contributed by atoms with Crippen LogP contribution in [0.2, 0.25) is 45.2 Å². The predicted octanol–water partition coefficient (Wildman–Crippen LogP) is 8.94. The van der Waals surface area contributed by atoms with Gasteiger partial charge in [0.15, 0.2) is 5.75 Å². The first kappa shape index (κ1) is 19.2. The Morgan fingerprint density at radius 1 is 0.364 bits per heavy atom. The summed E-state index contributed by atoms with van der Waals surface area (Å²) in [4.78, 5) is 0. The van der Waals surface area contributed by atoms with Crippen molar-refractivity contribution in [2.45, 2.75) is 0 Å². The normalized spacial score (nSPS) is 11.1. The van der Waals surface area contributed by atoms with E-state index in [1.165, 1.54) is 0 Å². The highest BCUT2D eigenvalue weighted by Gasteiger charge is 2.27. The van der Waals surface area contributed by atoms with Crippen LogP contribution in [0.3, 0.4) is 0 Å².